The first kappa shape index (κ1) is 12.9. The SMILES string of the molecule is N[C@@H](c1c(F)cc(Br)cc1F)C1CCNCC1. The summed E-state index contributed by atoms with van der Waals surface area (Å²) < 4.78 is 27.9. The van der Waals surface area contributed by atoms with Crippen LogP contribution >= 0.6 is 15.9 Å². The van der Waals surface area contributed by atoms with E-state index in [1.807, 2.05) is 0 Å². The highest BCUT2D eigenvalue weighted by Gasteiger charge is 2.26. The van der Waals surface area contributed by atoms with Gasteiger partial charge in [-0.15, -0.1) is 0 Å². The average Bonchev–Trinajstić information content (AvgIpc) is 2.28. The molecule has 0 unspecified atom stereocenters. The fraction of sp³-hybridized carbons (Fsp3) is 0.500. The van der Waals surface area contributed by atoms with Gasteiger partial charge >= 0.3 is 0 Å². The van der Waals surface area contributed by atoms with Crippen molar-refractivity contribution in [2.24, 2.45) is 11.7 Å². The van der Waals surface area contributed by atoms with Gasteiger partial charge in [0.25, 0.3) is 0 Å². The molecule has 2 nitrogen and oxygen atoms in total. The molecule has 0 bridgehead atoms. The van der Waals surface area contributed by atoms with Crippen LogP contribution < -0.4 is 11.1 Å². The van der Waals surface area contributed by atoms with Crippen LogP contribution in [0.25, 0.3) is 0 Å². The maximum atomic E-state index is 13.8. The van der Waals surface area contributed by atoms with E-state index in [9.17, 15) is 8.78 Å². The highest BCUT2D eigenvalue weighted by molar-refractivity contribution is 9.10. The summed E-state index contributed by atoms with van der Waals surface area (Å²) >= 11 is 3.06. The second-order valence-electron chi connectivity index (χ2n) is 4.40. The predicted octanol–water partition coefficient (Wildman–Crippen LogP) is 2.73. The molecule has 1 aromatic carbocycles. The number of halogens is 3. The maximum Gasteiger partial charge on any atom is 0.132 e. The Balaban J connectivity index is 2.26. The molecule has 0 aromatic heterocycles. The van der Waals surface area contributed by atoms with Crippen molar-refractivity contribution in [3.63, 3.8) is 0 Å². The molecule has 1 saturated heterocycles. The largest absolute Gasteiger partial charge is 0.324 e. The van der Waals surface area contributed by atoms with Gasteiger partial charge in [-0.2, -0.15) is 0 Å². The molecular formula is C12H15BrF2N2. The lowest BCUT2D eigenvalue weighted by Gasteiger charge is -2.28. The van der Waals surface area contributed by atoms with E-state index in [-0.39, 0.29) is 11.5 Å². The zero-order chi connectivity index (χ0) is 12.4. The molecule has 0 radical (unpaired) electrons. The van der Waals surface area contributed by atoms with Gasteiger partial charge in [-0.3, -0.25) is 0 Å². The van der Waals surface area contributed by atoms with Crippen LogP contribution in [0.15, 0.2) is 16.6 Å². The van der Waals surface area contributed by atoms with Crippen LogP contribution in [0.1, 0.15) is 24.4 Å². The van der Waals surface area contributed by atoms with Gasteiger partial charge in [0.1, 0.15) is 11.6 Å². The molecule has 0 saturated carbocycles. The summed E-state index contributed by atoms with van der Waals surface area (Å²) in [6.07, 6.45) is 1.71. The Morgan fingerprint density at radius 2 is 1.76 bits per heavy atom. The fourth-order valence-electron chi connectivity index (χ4n) is 2.31. The standard InChI is InChI=1S/C12H15BrF2N2/c13-8-5-9(14)11(10(15)6-8)12(16)7-1-3-17-4-2-7/h5-7,12,17H,1-4,16H2/t12-/m1/s1. The molecule has 5 heteroatoms. The van der Waals surface area contributed by atoms with Crippen LogP contribution in [0.3, 0.4) is 0 Å². The summed E-state index contributed by atoms with van der Waals surface area (Å²) in [4.78, 5) is 0. The molecular weight excluding hydrogens is 290 g/mol. The van der Waals surface area contributed by atoms with E-state index < -0.39 is 17.7 Å². The van der Waals surface area contributed by atoms with Crippen molar-refractivity contribution >= 4 is 15.9 Å². The zero-order valence-electron chi connectivity index (χ0n) is 9.35. The van der Waals surface area contributed by atoms with Gasteiger partial charge in [0.2, 0.25) is 0 Å². The van der Waals surface area contributed by atoms with Crippen molar-refractivity contribution in [3.05, 3.63) is 33.8 Å². The number of benzene rings is 1. The minimum Gasteiger partial charge on any atom is -0.324 e. The third kappa shape index (κ3) is 2.84. The molecule has 0 amide bonds. The van der Waals surface area contributed by atoms with Gasteiger partial charge in [0, 0.05) is 16.1 Å². The molecule has 1 aliphatic heterocycles. The molecule has 1 fully saturated rings. The number of hydrogen-bond acceptors (Lipinski definition) is 2. The molecule has 0 aliphatic carbocycles. The number of hydrogen-bond donors (Lipinski definition) is 2. The van der Waals surface area contributed by atoms with Gasteiger partial charge < -0.3 is 11.1 Å². The lowest BCUT2D eigenvalue weighted by atomic mass is 9.86. The number of piperidine rings is 1. The van der Waals surface area contributed by atoms with Gasteiger partial charge in [-0.25, -0.2) is 8.78 Å². The lowest BCUT2D eigenvalue weighted by Crippen LogP contribution is -2.34. The lowest BCUT2D eigenvalue weighted by molar-refractivity contribution is 0.311. The number of nitrogens with two attached hydrogens (primary N) is 1. The van der Waals surface area contributed by atoms with Gasteiger partial charge in [-0.05, 0) is 44.0 Å². The van der Waals surface area contributed by atoms with Crippen LogP contribution in [0.4, 0.5) is 8.78 Å². The van der Waals surface area contributed by atoms with Crippen LogP contribution in [-0.2, 0) is 0 Å². The summed E-state index contributed by atoms with van der Waals surface area (Å²) in [5, 5.41) is 3.21. The summed E-state index contributed by atoms with van der Waals surface area (Å²) in [5.41, 5.74) is 6.01. The van der Waals surface area contributed by atoms with Gasteiger partial charge in [0.15, 0.2) is 0 Å². The zero-order valence-corrected chi connectivity index (χ0v) is 10.9. The third-order valence-electron chi connectivity index (χ3n) is 3.27. The molecule has 3 N–H and O–H groups in total. The van der Waals surface area contributed by atoms with Crippen molar-refractivity contribution in [2.45, 2.75) is 18.9 Å². The Bertz CT molecular complexity index is 382. The monoisotopic (exact) mass is 304 g/mol. The maximum absolute atomic E-state index is 13.8. The minimum atomic E-state index is -0.567. The molecule has 1 atom stereocenters. The molecule has 1 aliphatic rings. The van der Waals surface area contributed by atoms with Crippen molar-refractivity contribution < 1.29 is 8.78 Å². The Morgan fingerprint density at radius 3 is 2.29 bits per heavy atom. The van der Waals surface area contributed by atoms with Crippen LogP contribution in [0.2, 0.25) is 0 Å². The topological polar surface area (TPSA) is 38.0 Å². The number of rotatable bonds is 2. The van der Waals surface area contributed by atoms with E-state index >= 15 is 0 Å². The highest BCUT2D eigenvalue weighted by atomic mass is 79.9. The van der Waals surface area contributed by atoms with E-state index in [2.05, 4.69) is 21.2 Å². The van der Waals surface area contributed by atoms with Crippen molar-refractivity contribution in [1.29, 1.82) is 0 Å². The Kier molecular flexibility index (Phi) is 4.12. The molecule has 2 rings (SSSR count). The Hall–Kier alpha value is -0.520. The van der Waals surface area contributed by atoms with Crippen LogP contribution in [0, 0.1) is 17.6 Å². The highest BCUT2D eigenvalue weighted by Crippen LogP contribution is 2.31. The molecule has 1 aromatic rings. The Labute approximate surface area is 108 Å². The Morgan fingerprint density at radius 1 is 1.24 bits per heavy atom. The van der Waals surface area contributed by atoms with Crippen molar-refractivity contribution in [2.75, 3.05) is 13.1 Å². The summed E-state index contributed by atoms with van der Waals surface area (Å²) in [6.45, 7) is 1.72. The molecule has 1 heterocycles. The predicted molar refractivity (Wildman–Crippen MR) is 66.6 cm³/mol. The molecule has 0 spiro atoms. The van der Waals surface area contributed by atoms with E-state index in [0.717, 1.165) is 25.9 Å². The van der Waals surface area contributed by atoms with Crippen LogP contribution in [-0.4, -0.2) is 13.1 Å². The van der Waals surface area contributed by atoms with Crippen LogP contribution in [0.5, 0.6) is 0 Å². The molecule has 94 valence electrons. The molecule has 17 heavy (non-hydrogen) atoms. The number of nitrogens with one attached hydrogen (secondary N) is 1. The average molecular weight is 305 g/mol. The van der Waals surface area contributed by atoms with E-state index in [4.69, 9.17) is 5.73 Å². The smallest absolute Gasteiger partial charge is 0.132 e. The summed E-state index contributed by atoms with van der Waals surface area (Å²) in [5.74, 6) is -0.993. The van der Waals surface area contributed by atoms with Crippen molar-refractivity contribution in [1.82, 2.24) is 5.32 Å². The van der Waals surface area contributed by atoms with E-state index in [1.54, 1.807) is 0 Å². The second-order valence-corrected chi connectivity index (χ2v) is 5.31. The van der Waals surface area contributed by atoms with E-state index in [0.29, 0.717) is 4.47 Å². The van der Waals surface area contributed by atoms with Crippen molar-refractivity contribution in [3.8, 4) is 0 Å². The first-order chi connectivity index (χ1) is 8.09. The van der Waals surface area contributed by atoms with Gasteiger partial charge in [-0.1, -0.05) is 15.9 Å². The normalized spacial score (nSPS) is 19.3. The summed E-state index contributed by atoms with van der Waals surface area (Å²) in [6, 6.07) is 1.96. The fourth-order valence-corrected chi connectivity index (χ4v) is 2.71. The second kappa shape index (κ2) is 5.42. The first-order valence-electron chi connectivity index (χ1n) is 5.70. The third-order valence-corrected chi connectivity index (χ3v) is 3.73. The quantitative estimate of drug-likeness (QED) is 0.882. The first-order valence-corrected chi connectivity index (χ1v) is 6.49. The summed E-state index contributed by atoms with van der Waals surface area (Å²) in [7, 11) is 0. The minimum absolute atomic E-state index is 0.0140. The van der Waals surface area contributed by atoms with E-state index in [1.165, 1.54) is 12.1 Å². The van der Waals surface area contributed by atoms with Gasteiger partial charge in [0.05, 0.1) is 0 Å².